The van der Waals surface area contributed by atoms with Crippen LogP contribution in [0.15, 0.2) is 54.6 Å². The van der Waals surface area contributed by atoms with Crippen LogP contribution >= 0.6 is 11.8 Å². The minimum atomic E-state index is -0.201. The molecule has 3 heteroatoms. The molecule has 1 aromatic rings. The van der Waals surface area contributed by atoms with Gasteiger partial charge in [0.2, 0.25) is 0 Å². The number of carbonyl (C=O) groups excluding carboxylic acids is 1. The Morgan fingerprint density at radius 2 is 2.00 bits per heavy atom. The zero-order valence-electron chi connectivity index (χ0n) is 9.37. The van der Waals surface area contributed by atoms with Gasteiger partial charge in [-0.15, -0.1) is 11.8 Å². The first-order valence-electron chi connectivity index (χ1n) is 5.69. The predicted molar refractivity (Wildman–Crippen MR) is 72.0 cm³/mol. The number of anilines is 1. The predicted octanol–water partition coefficient (Wildman–Crippen LogP) is 2.98. The van der Waals surface area contributed by atoms with Crippen LogP contribution in [0, 0.1) is 0 Å². The molecule has 0 unspecified atom stereocenters. The lowest BCUT2D eigenvalue weighted by atomic mass is 10.1. The summed E-state index contributed by atoms with van der Waals surface area (Å²) in [5, 5.41) is 0. The fourth-order valence-corrected chi connectivity index (χ4v) is 3.53. The van der Waals surface area contributed by atoms with Crippen LogP contribution in [0.2, 0.25) is 0 Å². The second kappa shape index (κ2) is 4.08. The van der Waals surface area contributed by atoms with E-state index in [1.165, 1.54) is 0 Å². The second-order valence-corrected chi connectivity index (χ2v) is 5.50. The number of hydrogen-bond donors (Lipinski definition) is 0. The number of carbonyl (C=O) groups is 1. The average Bonchev–Trinajstić information content (AvgIpc) is 2.68. The minimum absolute atomic E-state index is 0.0824. The van der Waals surface area contributed by atoms with Gasteiger partial charge in [0.1, 0.15) is 4.87 Å². The number of hydrogen-bond acceptors (Lipinski definition) is 2. The van der Waals surface area contributed by atoms with Crippen molar-refractivity contribution in [3.63, 3.8) is 0 Å². The van der Waals surface area contributed by atoms with E-state index in [0.717, 1.165) is 17.9 Å². The summed E-state index contributed by atoms with van der Waals surface area (Å²) >= 11 is 1.81. The number of rotatable bonds is 1. The third kappa shape index (κ3) is 1.71. The van der Waals surface area contributed by atoms with Gasteiger partial charge < -0.3 is 0 Å². The third-order valence-corrected chi connectivity index (χ3v) is 4.45. The Bertz CT molecular complexity index is 494. The topological polar surface area (TPSA) is 20.3 Å². The van der Waals surface area contributed by atoms with E-state index >= 15 is 0 Å². The quantitative estimate of drug-likeness (QED) is 0.707. The first kappa shape index (κ1) is 10.7. The van der Waals surface area contributed by atoms with Crippen LogP contribution in [0.25, 0.3) is 0 Å². The summed E-state index contributed by atoms with van der Waals surface area (Å²) in [5.41, 5.74) is 0.977. The molecular formula is C14H13NOS. The van der Waals surface area contributed by atoms with Crippen molar-refractivity contribution in [2.75, 3.05) is 10.7 Å². The maximum Gasteiger partial charge on any atom is 0.252 e. The van der Waals surface area contributed by atoms with Crippen molar-refractivity contribution in [3.8, 4) is 0 Å². The largest absolute Gasteiger partial charge is 0.290 e. The van der Waals surface area contributed by atoms with Gasteiger partial charge in [0, 0.05) is 23.9 Å². The van der Waals surface area contributed by atoms with E-state index in [0.29, 0.717) is 0 Å². The Balaban J connectivity index is 2.02. The zero-order valence-corrected chi connectivity index (χ0v) is 10.2. The van der Waals surface area contributed by atoms with Gasteiger partial charge in [-0.2, -0.15) is 0 Å². The number of amides is 1. The van der Waals surface area contributed by atoms with E-state index in [-0.39, 0.29) is 10.8 Å². The first-order valence-corrected chi connectivity index (χ1v) is 6.68. The number of thioether (sulfide) groups is 1. The lowest BCUT2D eigenvalue weighted by Gasteiger charge is -2.38. The summed E-state index contributed by atoms with van der Waals surface area (Å²) in [6, 6.07) is 9.89. The molecule has 3 rings (SSSR count). The monoisotopic (exact) mass is 243 g/mol. The van der Waals surface area contributed by atoms with Crippen LogP contribution in [-0.2, 0) is 4.79 Å². The third-order valence-electron chi connectivity index (χ3n) is 3.11. The lowest BCUT2D eigenvalue weighted by Crippen LogP contribution is -2.44. The van der Waals surface area contributed by atoms with E-state index in [4.69, 9.17) is 0 Å². The molecule has 86 valence electrons. The molecule has 0 aliphatic carbocycles. The van der Waals surface area contributed by atoms with Gasteiger partial charge in [-0.05, 0) is 18.2 Å². The molecule has 2 nitrogen and oxygen atoms in total. The molecule has 1 spiro atoms. The molecule has 0 saturated heterocycles. The van der Waals surface area contributed by atoms with Crippen LogP contribution in [0.5, 0.6) is 0 Å². The molecule has 1 amide bonds. The standard InChI is InChI=1S/C14H13NOS/c16-13-8-10-14(9-4-5-11-17-14)15(13)12-6-2-1-3-7-12/h1-8,10H,9,11H2/t14-/m1/s1. The molecule has 2 heterocycles. The van der Waals surface area contributed by atoms with Crippen LogP contribution in [0.4, 0.5) is 5.69 Å². The molecular weight excluding hydrogens is 230 g/mol. The zero-order chi connectivity index (χ0) is 11.7. The summed E-state index contributed by atoms with van der Waals surface area (Å²) in [5.74, 6) is 1.04. The molecule has 17 heavy (non-hydrogen) atoms. The van der Waals surface area contributed by atoms with Crippen LogP contribution in [0.3, 0.4) is 0 Å². The molecule has 0 saturated carbocycles. The molecule has 0 bridgehead atoms. The van der Waals surface area contributed by atoms with Gasteiger partial charge in [0.05, 0.1) is 0 Å². The van der Waals surface area contributed by atoms with E-state index in [9.17, 15) is 4.79 Å². The summed E-state index contributed by atoms with van der Waals surface area (Å²) in [6.07, 6.45) is 8.94. The Morgan fingerprint density at radius 1 is 1.18 bits per heavy atom. The number of para-hydroxylation sites is 1. The van der Waals surface area contributed by atoms with Crippen molar-refractivity contribution in [2.24, 2.45) is 0 Å². The maximum atomic E-state index is 12.0. The second-order valence-electron chi connectivity index (χ2n) is 4.17. The van der Waals surface area contributed by atoms with Gasteiger partial charge in [-0.3, -0.25) is 9.69 Å². The summed E-state index contributed by atoms with van der Waals surface area (Å²) in [6.45, 7) is 0. The Labute approximate surface area is 105 Å². The first-order chi connectivity index (χ1) is 8.32. The molecule has 1 atom stereocenters. The highest BCUT2D eigenvalue weighted by atomic mass is 32.2. The maximum absolute atomic E-state index is 12.0. The summed E-state index contributed by atoms with van der Waals surface area (Å²) in [7, 11) is 0. The van der Waals surface area contributed by atoms with Gasteiger partial charge in [0.25, 0.3) is 5.91 Å². The molecule has 2 aliphatic heterocycles. The molecule has 0 radical (unpaired) electrons. The van der Waals surface area contributed by atoms with E-state index in [1.54, 1.807) is 6.08 Å². The van der Waals surface area contributed by atoms with E-state index in [1.807, 2.05) is 53.1 Å². The van der Waals surface area contributed by atoms with Gasteiger partial charge >= 0.3 is 0 Å². The lowest BCUT2D eigenvalue weighted by molar-refractivity contribution is -0.114. The average molecular weight is 243 g/mol. The smallest absolute Gasteiger partial charge is 0.252 e. The molecule has 0 N–H and O–H groups in total. The van der Waals surface area contributed by atoms with Crippen LogP contribution in [-0.4, -0.2) is 16.5 Å². The Morgan fingerprint density at radius 3 is 2.71 bits per heavy atom. The van der Waals surface area contributed by atoms with Crippen molar-refractivity contribution in [3.05, 3.63) is 54.6 Å². The fourth-order valence-electron chi connectivity index (χ4n) is 2.30. The van der Waals surface area contributed by atoms with Crippen molar-refractivity contribution >= 4 is 23.4 Å². The highest BCUT2D eigenvalue weighted by molar-refractivity contribution is 8.01. The van der Waals surface area contributed by atoms with E-state index < -0.39 is 0 Å². The Kier molecular flexibility index (Phi) is 2.56. The highest BCUT2D eigenvalue weighted by Gasteiger charge is 2.42. The van der Waals surface area contributed by atoms with Crippen molar-refractivity contribution in [1.82, 2.24) is 0 Å². The molecule has 1 aromatic carbocycles. The van der Waals surface area contributed by atoms with Gasteiger partial charge in [-0.25, -0.2) is 0 Å². The SMILES string of the molecule is O=C1C=C[C@]2(CC=CCS2)N1c1ccccc1. The number of nitrogens with zero attached hydrogens (tertiary/aromatic N) is 1. The highest BCUT2D eigenvalue weighted by Crippen LogP contribution is 2.43. The summed E-state index contributed by atoms with van der Waals surface area (Å²) in [4.78, 5) is 13.8. The Hall–Kier alpha value is -1.48. The molecule has 2 aliphatic rings. The van der Waals surface area contributed by atoms with Crippen LogP contribution < -0.4 is 4.90 Å². The normalized spacial score (nSPS) is 27.1. The minimum Gasteiger partial charge on any atom is -0.290 e. The van der Waals surface area contributed by atoms with Gasteiger partial charge in [0.15, 0.2) is 0 Å². The van der Waals surface area contributed by atoms with Crippen molar-refractivity contribution < 1.29 is 4.79 Å². The number of benzene rings is 1. The van der Waals surface area contributed by atoms with Crippen molar-refractivity contribution in [2.45, 2.75) is 11.3 Å². The van der Waals surface area contributed by atoms with Gasteiger partial charge in [-0.1, -0.05) is 30.4 Å². The van der Waals surface area contributed by atoms with Crippen LogP contribution in [0.1, 0.15) is 6.42 Å². The molecule has 0 aromatic heterocycles. The van der Waals surface area contributed by atoms with E-state index in [2.05, 4.69) is 12.2 Å². The summed E-state index contributed by atoms with van der Waals surface area (Å²) < 4.78 is 0. The fraction of sp³-hybridized carbons (Fsp3) is 0.214. The molecule has 0 fully saturated rings. The van der Waals surface area contributed by atoms with Crippen molar-refractivity contribution in [1.29, 1.82) is 0 Å².